The molecule has 8 heteroatoms. The zero-order valence-electron chi connectivity index (χ0n) is 15.6. The Morgan fingerprint density at radius 2 is 1.93 bits per heavy atom. The van der Waals surface area contributed by atoms with Gasteiger partial charge in [0.25, 0.3) is 0 Å². The van der Waals surface area contributed by atoms with Crippen LogP contribution in [0.1, 0.15) is 26.3 Å². The van der Waals surface area contributed by atoms with Crippen molar-refractivity contribution >= 4 is 28.7 Å². The van der Waals surface area contributed by atoms with E-state index in [2.05, 4.69) is 21.8 Å². The highest BCUT2D eigenvalue weighted by Crippen LogP contribution is 2.18. The minimum Gasteiger partial charge on any atom is -0.480 e. The molecule has 145 valence electrons. The molecule has 0 bridgehead atoms. The van der Waals surface area contributed by atoms with E-state index in [9.17, 15) is 19.5 Å². The number of carbonyl (C=O) groups is 3. The lowest BCUT2D eigenvalue weighted by molar-refractivity contribution is -0.139. The summed E-state index contributed by atoms with van der Waals surface area (Å²) in [6.07, 6.45) is 2.44. The van der Waals surface area contributed by atoms with Gasteiger partial charge in [-0.15, -0.1) is 0 Å². The second kappa shape index (κ2) is 8.68. The van der Waals surface area contributed by atoms with Crippen molar-refractivity contribution in [2.45, 2.75) is 38.8 Å². The third-order valence-corrected chi connectivity index (χ3v) is 3.68. The lowest BCUT2D eigenvalue weighted by Gasteiger charge is -2.19. The smallest absolute Gasteiger partial charge is 0.408 e. The number of carbonyl (C=O) groups excluding carboxylic acids is 2. The van der Waals surface area contributed by atoms with Crippen LogP contribution in [-0.4, -0.2) is 52.7 Å². The van der Waals surface area contributed by atoms with Gasteiger partial charge in [-0.3, -0.25) is 14.9 Å². The molecular weight excluding hydrogens is 350 g/mol. The molecule has 0 spiro atoms. The van der Waals surface area contributed by atoms with Crippen LogP contribution in [0.2, 0.25) is 0 Å². The maximum absolute atomic E-state index is 11.9. The first kappa shape index (κ1) is 20.4. The van der Waals surface area contributed by atoms with E-state index in [4.69, 9.17) is 4.74 Å². The number of hydrogen-bond donors (Lipinski definition) is 4. The summed E-state index contributed by atoms with van der Waals surface area (Å²) in [6.45, 7) is 4.72. The molecule has 2 rings (SSSR count). The average Bonchev–Trinajstić information content (AvgIpc) is 2.98. The molecule has 0 saturated heterocycles. The summed E-state index contributed by atoms with van der Waals surface area (Å²) < 4.78 is 5.04. The van der Waals surface area contributed by atoms with Gasteiger partial charge in [0.2, 0.25) is 0 Å². The van der Waals surface area contributed by atoms with E-state index in [1.54, 1.807) is 20.8 Å². The van der Waals surface area contributed by atoms with Crippen LogP contribution in [0.15, 0.2) is 24.3 Å². The van der Waals surface area contributed by atoms with Crippen molar-refractivity contribution in [3.8, 4) is 0 Å². The van der Waals surface area contributed by atoms with Crippen LogP contribution in [-0.2, 0) is 20.7 Å². The molecular formula is C19H24N3O5. The second-order valence-electron chi connectivity index (χ2n) is 7.14. The minimum atomic E-state index is -1.07. The number of alkyl carbamates (subject to hydrolysis) is 1. The fourth-order valence-electron chi connectivity index (χ4n) is 2.46. The predicted octanol–water partition coefficient (Wildman–Crippen LogP) is 1.65. The van der Waals surface area contributed by atoms with Crippen LogP contribution in [0, 0.1) is 6.20 Å². The SMILES string of the molecule is CC(C)(C)OC(=O)NCC(=O)CNC(Cc1[c][nH]c2ccccc12)C(=O)O. The number of aromatic amines is 1. The topological polar surface area (TPSA) is 121 Å². The highest BCUT2D eigenvalue weighted by atomic mass is 16.6. The van der Waals surface area contributed by atoms with Gasteiger partial charge in [-0.05, 0) is 32.4 Å². The van der Waals surface area contributed by atoms with Gasteiger partial charge in [-0.2, -0.15) is 0 Å². The molecule has 0 fully saturated rings. The molecule has 1 amide bonds. The Hall–Kier alpha value is -2.87. The Morgan fingerprint density at radius 1 is 1.22 bits per heavy atom. The molecule has 1 heterocycles. The van der Waals surface area contributed by atoms with Gasteiger partial charge in [-0.1, -0.05) is 18.2 Å². The van der Waals surface area contributed by atoms with E-state index >= 15 is 0 Å². The first-order valence-corrected chi connectivity index (χ1v) is 8.57. The van der Waals surface area contributed by atoms with Gasteiger partial charge >= 0.3 is 12.1 Å². The van der Waals surface area contributed by atoms with Crippen LogP contribution in [0.4, 0.5) is 4.79 Å². The van der Waals surface area contributed by atoms with E-state index in [-0.39, 0.29) is 25.3 Å². The van der Waals surface area contributed by atoms with Crippen LogP contribution in [0.25, 0.3) is 10.9 Å². The fraction of sp³-hybridized carbons (Fsp3) is 0.421. The third kappa shape index (κ3) is 6.41. The number of H-pyrrole nitrogens is 1. The van der Waals surface area contributed by atoms with Crippen LogP contribution in [0.5, 0.6) is 0 Å². The number of para-hydroxylation sites is 1. The maximum Gasteiger partial charge on any atom is 0.408 e. The molecule has 1 aromatic heterocycles. The van der Waals surface area contributed by atoms with Crippen molar-refractivity contribution < 1.29 is 24.2 Å². The van der Waals surface area contributed by atoms with Gasteiger partial charge in [-0.25, -0.2) is 4.79 Å². The van der Waals surface area contributed by atoms with Crippen LogP contribution >= 0.6 is 0 Å². The molecule has 1 aromatic carbocycles. The second-order valence-corrected chi connectivity index (χ2v) is 7.14. The number of Topliss-reactive ketones (excluding diaryl/α,β-unsaturated/α-hetero) is 1. The summed E-state index contributed by atoms with van der Waals surface area (Å²) in [5.41, 5.74) is 0.939. The minimum absolute atomic E-state index is 0.173. The standard InChI is InChI=1S/C19H24N3O5/c1-19(2,3)27-18(26)22-11-13(23)10-21-16(17(24)25)8-12-9-20-15-7-5-4-6-14(12)15/h4-7,16,20-21H,8,10-11H2,1-3H3,(H,22,26)(H,24,25). The fourth-order valence-corrected chi connectivity index (χ4v) is 2.46. The number of ether oxygens (including phenoxy) is 1. The normalized spacial score (nSPS) is 12.6. The molecule has 1 unspecified atom stereocenters. The molecule has 0 saturated carbocycles. The Bertz CT molecular complexity index is 822. The summed E-state index contributed by atoms with van der Waals surface area (Å²) in [5.74, 6) is -1.42. The Labute approximate surface area is 157 Å². The first-order chi connectivity index (χ1) is 12.7. The van der Waals surface area contributed by atoms with Crippen molar-refractivity contribution in [3.05, 3.63) is 36.0 Å². The number of ketones is 1. The van der Waals surface area contributed by atoms with Crippen molar-refractivity contribution in [2.24, 2.45) is 0 Å². The molecule has 0 aliphatic rings. The molecule has 8 nitrogen and oxygen atoms in total. The van der Waals surface area contributed by atoms with Gasteiger partial charge < -0.3 is 20.1 Å². The van der Waals surface area contributed by atoms with Gasteiger partial charge in [0.15, 0.2) is 5.78 Å². The van der Waals surface area contributed by atoms with E-state index in [0.29, 0.717) is 0 Å². The number of amides is 1. The van der Waals surface area contributed by atoms with Crippen LogP contribution in [0.3, 0.4) is 0 Å². The number of nitrogens with one attached hydrogen (secondary N) is 3. The number of rotatable bonds is 8. The Kier molecular flexibility index (Phi) is 6.57. The number of carboxylic acids is 1. The summed E-state index contributed by atoms with van der Waals surface area (Å²) >= 11 is 0. The van der Waals surface area contributed by atoms with Gasteiger partial charge in [0.1, 0.15) is 11.6 Å². The van der Waals surface area contributed by atoms with E-state index in [0.717, 1.165) is 16.5 Å². The number of aromatic nitrogens is 1. The summed E-state index contributed by atoms with van der Waals surface area (Å²) in [5, 5.41) is 15.4. The average molecular weight is 374 g/mol. The van der Waals surface area contributed by atoms with Crippen molar-refractivity contribution in [3.63, 3.8) is 0 Å². The maximum atomic E-state index is 11.9. The quantitative estimate of drug-likeness (QED) is 0.558. The molecule has 0 aliphatic carbocycles. The number of fused-ring (bicyclic) bond motifs is 1. The summed E-state index contributed by atoms with van der Waals surface area (Å²) in [7, 11) is 0. The lowest BCUT2D eigenvalue weighted by atomic mass is 10.0. The summed E-state index contributed by atoms with van der Waals surface area (Å²) in [4.78, 5) is 37.9. The lowest BCUT2D eigenvalue weighted by Crippen LogP contribution is -2.44. The van der Waals surface area contributed by atoms with Gasteiger partial charge in [0, 0.05) is 17.3 Å². The molecule has 1 atom stereocenters. The third-order valence-electron chi connectivity index (χ3n) is 3.68. The van der Waals surface area contributed by atoms with Gasteiger partial charge in [0.05, 0.1) is 19.3 Å². The molecule has 2 aromatic rings. The Morgan fingerprint density at radius 3 is 2.59 bits per heavy atom. The summed E-state index contributed by atoms with van der Waals surface area (Å²) in [6, 6.07) is 6.55. The zero-order valence-corrected chi connectivity index (χ0v) is 15.6. The van der Waals surface area contributed by atoms with E-state index in [1.165, 1.54) is 0 Å². The number of carboxylic acid groups (broad SMARTS) is 1. The molecule has 4 N–H and O–H groups in total. The number of benzene rings is 1. The monoisotopic (exact) mass is 374 g/mol. The highest BCUT2D eigenvalue weighted by molar-refractivity contribution is 5.87. The van der Waals surface area contributed by atoms with Crippen molar-refractivity contribution in [1.82, 2.24) is 15.6 Å². The van der Waals surface area contributed by atoms with Crippen molar-refractivity contribution in [2.75, 3.05) is 13.1 Å². The largest absolute Gasteiger partial charge is 0.480 e. The molecule has 0 aliphatic heterocycles. The predicted molar refractivity (Wildman–Crippen MR) is 99.5 cm³/mol. The highest BCUT2D eigenvalue weighted by Gasteiger charge is 2.21. The zero-order chi connectivity index (χ0) is 20.0. The number of aliphatic carboxylic acids is 1. The van der Waals surface area contributed by atoms with Crippen LogP contribution < -0.4 is 10.6 Å². The van der Waals surface area contributed by atoms with Crippen molar-refractivity contribution in [1.29, 1.82) is 0 Å². The Balaban J connectivity index is 1.86. The molecule has 1 radical (unpaired) electrons. The molecule has 27 heavy (non-hydrogen) atoms. The van der Waals surface area contributed by atoms with E-state index < -0.39 is 23.7 Å². The number of hydrogen-bond acceptors (Lipinski definition) is 5. The van der Waals surface area contributed by atoms with E-state index in [1.807, 2.05) is 24.3 Å². The first-order valence-electron chi connectivity index (χ1n) is 8.57.